The summed E-state index contributed by atoms with van der Waals surface area (Å²) in [7, 11) is 0. The topological polar surface area (TPSA) is 29.3 Å². The first-order valence-electron chi connectivity index (χ1n) is 6.57. The molecule has 20 heavy (non-hydrogen) atoms. The van der Waals surface area contributed by atoms with Gasteiger partial charge < -0.3 is 10.6 Å². The molecule has 1 aromatic rings. The van der Waals surface area contributed by atoms with Crippen LogP contribution >= 0.6 is 0 Å². The maximum Gasteiger partial charge on any atom is 0.416 e. The quantitative estimate of drug-likeness (QED) is 0.811. The Morgan fingerprint density at radius 3 is 2.35 bits per heavy atom. The molecule has 0 aliphatic carbocycles. The highest BCUT2D eigenvalue weighted by molar-refractivity contribution is 5.49. The van der Waals surface area contributed by atoms with Crippen molar-refractivity contribution in [3.05, 3.63) is 29.6 Å². The van der Waals surface area contributed by atoms with Gasteiger partial charge in [0.2, 0.25) is 0 Å². The van der Waals surface area contributed by atoms with E-state index in [2.05, 4.69) is 0 Å². The van der Waals surface area contributed by atoms with E-state index in [4.69, 9.17) is 5.73 Å². The molecule has 0 saturated carbocycles. The third kappa shape index (κ3) is 4.67. The zero-order chi connectivity index (χ0) is 15.3. The van der Waals surface area contributed by atoms with E-state index >= 15 is 0 Å². The third-order valence-electron chi connectivity index (χ3n) is 2.83. The number of halogens is 4. The maximum absolute atomic E-state index is 13.9. The molecule has 0 bridgehead atoms. The summed E-state index contributed by atoms with van der Waals surface area (Å²) in [6.45, 7) is 5.49. The maximum atomic E-state index is 13.9. The monoisotopic (exact) mass is 292 g/mol. The summed E-state index contributed by atoms with van der Waals surface area (Å²) < 4.78 is 51.5. The Morgan fingerprint density at radius 1 is 1.25 bits per heavy atom. The Hall–Kier alpha value is -1.30. The van der Waals surface area contributed by atoms with E-state index in [-0.39, 0.29) is 11.6 Å². The van der Waals surface area contributed by atoms with Gasteiger partial charge >= 0.3 is 6.18 Å². The molecule has 6 heteroatoms. The first kappa shape index (κ1) is 16.8. The minimum absolute atomic E-state index is 0.195. The van der Waals surface area contributed by atoms with Crippen molar-refractivity contribution < 1.29 is 17.6 Å². The molecule has 0 aliphatic heterocycles. The predicted molar refractivity (Wildman–Crippen MR) is 72.1 cm³/mol. The molecule has 0 heterocycles. The van der Waals surface area contributed by atoms with Gasteiger partial charge in [-0.25, -0.2) is 4.39 Å². The molecule has 114 valence electrons. The van der Waals surface area contributed by atoms with Gasteiger partial charge in [0.1, 0.15) is 5.82 Å². The summed E-state index contributed by atoms with van der Waals surface area (Å²) >= 11 is 0. The van der Waals surface area contributed by atoms with Crippen LogP contribution in [0.3, 0.4) is 0 Å². The number of rotatable bonds is 6. The number of alkyl halides is 3. The van der Waals surface area contributed by atoms with Gasteiger partial charge in [-0.2, -0.15) is 13.2 Å². The number of nitrogens with zero attached hydrogens (tertiary/aromatic N) is 1. The van der Waals surface area contributed by atoms with Crippen molar-refractivity contribution in [1.29, 1.82) is 0 Å². The molecule has 0 amide bonds. The first-order valence-corrected chi connectivity index (χ1v) is 6.57. The van der Waals surface area contributed by atoms with Gasteiger partial charge in [-0.05, 0) is 37.1 Å². The molecule has 0 spiro atoms. The molecular formula is C14H20F4N2. The van der Waals surface area contributed by atoms with Crippen molar-refractivity contribution in [3.63, 3.8) is 0 Å². The van der Waals surface area contributed by atoms with Crippen molar-refractivity contribution in [2.45, 2.75) is 26.4 Å². The molecule has 0 unspecified atom stereocenters. The highest BCUT2D eigenvalue weighted by Crippen LogP contribution is 2.32. The van der Waals surface area contributed by atoms with Crippen molar-refractivity contribution in [2.75, 3.05) is 24.5 Å². The summed E-state index contributed by atoms with van der Waals surface area (Å²) in [5.74, 6) is -0.577. The van der Waals surface area contributed by atoms with Crippen LogP contribution in [-0.4, -0.2) is 19.6 Å². The SMILES string of the molecule is CC(C)CN(CCCN)c1ccc(C(F)(F)F)cc1F. The van der Waals surface area contributed by atoms with Crippen LogP contribution in [-0.2, 0) is 6.18 Å². The Labute approximate surface area is 116 Å². The molecule has 0 radical (unpaired) electrons. The Bertz CT molecular complexity index is 430. The molecule has 0 saturated heterocycles. The second kappa shape index (κ2) is 6.92. The Balaban J connectivity index is 3.01. The number of hydrogen-bond acceptors (Lipinski definition) is 2. The van der Waals surface area contributed by atoms with Crippen molar-refractivity contribution >= 4 is 5.69 Å². The van der Waals surface area contributed by atoms with Gasteiger partial charge in [-0.15, -0.1) is 0 Å². The van der Waals surface area contributed by atoms with Crippen LogP contribution in [0.15, 0.2) is 18.2 Å². The molecule has 0 aromatic heterocycles. The normalized spacial score (nSPS) is 12.0. The lowest BCUT2D eigenvalue weighted by Gasteiger charge is -2.27. The van der Waals surface area contributed by atoms with Gasteiger partial charge in [0.05, 0.1) is 11.3 Å². The first-order chi connectivity index (χ1) is 9.25. The Kier molecular flexibility index (Phi) is 5.80. The standard InChI is InChI=1S/C14H20F4N2/c1-10(2)9-20(7-3-6-19)13-5-4-11(8-12(13)15)14(16,17)18/h4-5,8,10H,3,6-7,9,19H2,1-2H3. The van der Waals surface area contributed by atoms with E-state index in [9.17, 15) is 17.6 Å². The zero-order valence-electron chi connectivity index (χ0n) is 11.7. The number of benzene rings is 1. The lowest BCUT2D eigenvalue weighted by Crippen LogP contribution is -2.30. The summed E-state index contributed by atoms with van der Waals surface area (Å²) in [4.78, 5) is 1.74. The number of anilines is 1. The molecule has 2 nitrogen and oxygen atoms in total. The fourth-order valence-electron chi connectivity index (χ4n) is 1.97. The zero-order valence-corrected chi connectivity index (χ0v) is 11.7. The van der Waals surface area contributed by atoms with E-state index in [0.717, 1.165) is 6.07 Å². The molecule has 2 N–H and O–H groups in total. The minimum Gasteiger partial charge on any atom is -0.369 e. The van der Waals surface area contributed by atoms with E-state index < -0.39 is 17.6 Å². The van der Waals surface area contributed by atoms with E-state index in [0.29, 0.717) is 32.1 Å². The smallest absolute Gasteiger partial charge is 0.369 e. The van der Waals surface area contributed by atoms with Crippen LogP contribution in [0, 0.1) is 11.7 Å². The van der Waals surface area contributed by atoms with Crippen LogP contribution in [0.25, 0.3) is 0 Å². The molecule has 0 aliphatic rings. The van der Waals surface area contributed by atoms with Gasteiger partial charge in [0, 0.05) is 13.1 Å². The fraction of sp³-hybridized carbons (Fsp3) is 0.571. The van der Waals surface area contributed by atoms with Gasteiger partial charge in [0.15, 0.2) is 0 Å². The van der Waals surface area contributed by atoms with E-state index in [1.54, 1.807) is 4.90 Å². The fourth-order valence-corrected chi connectivity index (χ4v) is 1.97. The van der Waals surface area contributed by atoms with Crippen molar-refractivity contribution in [1.82, 2.24) is 0 Å². The summed E-state index contributed by atoms with van der Waals surface area (Å²) in [6.07, 6.45) is -3.87. The average Bonchev–Trinajstić information content (AvgIpc) is 2.33. The number of nitrogens with two attached hydrogens (primary N) is 1. The molecular weight excluding hydrogens is 272 g/mol. The van der Waals surface area contributed by atoms with Crippen LogP contribution in [0.2, 0.25) is 0 Å². The van der Waals surface area contributed by atoms with E-state index in [1.165, 1.54) is 6.07 Å². The van der Waals surface area contributed by atoms with Crippen molar-refractivity contribution in [3.8, 4) is 0 Å². The lowest BCUT2D eigenvalue weighted by atomic mass is 10.1. The van der Waals surface area contributed by atoms with Crippen LogP contribution in [0.4, 0.5) is 23.2 Å². The second-order valence-electron chi connectivity index (χ2n) is 5.15. The highest BCUT2D eigenvalue weighted by atomic mass is 19.4. The Morgan fingerprint density at radius 2 is 1.90 bits per heavy atom. The highest BCUT2D eigenvalue weighted by Gasteiger charge is 2.31. The molecule has 1 rings (SSSR count). The van der Waals surface area contributed by atoms with Crippen LogP contribution in [0.5, 0.6) is 0 Å². The van der Waals surface area contributed by atoms with Gasteiger partial charge in [0.25, 0.3) is 0 Å². The largest absolute Gasteiger partial charge is 0.416 e. The molecule has 0 atom stereocenters. The van der Waals surface area contributed by atoms with E-state index in [1.807, 2.05) is 13.8 Å². The lowest BCUT2D eigenvalue weighted by molar-refractivity contribution is -0.137. The summed E-state index contributed by atoms with van der Waals surface area (Å²) in [6, 6.07) is 2.65. The second-order valence-corrected chi connectivity index (χ2v) is 5.15. The van der Waals surface area contributed by atoms with Gasteiger partial charge in [-0.1, -0.05) is 13.8 Å². The third-order valence-corrected chi connectivity index (χ3v) is 2.83. The minimum atomic E-state index is -4.53. The summed E-state index contributed by atoms with van der Waals surface area (Å²) in [5, 5.41) is 0. The predicted octanol–water partition coefficient (Wildman–Crippen LogP) is 3.66. The average molecular weight is 292 g/mol. The van der Waals surface area contributed by atoms with Crippen LogP contribution in [0.1, 0.15) is 25.8 Å². The summed E-state index contributed by atoms with van der Waals surface area (Å²) in [5.41, 5.74) is 4.66. The van der Waals surface area contributed by atoms with Crippen molar-refractivity contribution in [2.24, 2.45) is 11.7 Å². The van der Waals surface area contributed by atoms with Crippen LogP contribution < -0.4 is 10.6 Å². The molecule has 0 fully saturated rings. The number of hydrogen-bond donors (Lipinski definition) is 1. The molecule has 1 aromatic carbocycles. The van der Waals surface area contributed by atoms with Gasteiger partial charge in [-0.3, -0.25) is 0 Å².